The van der Waals surface area contributed by atoms with E-state index in [0.717, 1.165) is 51.4 Å². The van der Waals surface area contributed by atoms with Crippen LogP contribution in [0.1, 0.15) is 65.2 Å². The molecule has 3 aromatic rings. The maximum Gasteiger partial charge on any atom is 0.332 e. The minimum atomic E-state index is -0.219. The number of benzene rings is 1. The first-order valence-corrected chi connectivity index (χ1v) is 15.0. The number of hydrogen-bond donors (Lipinski definition) is 1. The van der Waals surface area contributed by atoms with Crippen LogP contribution in [0.25, 0.3) is 10.9 Å². The summed E-state index contributed by atoms with van der Waals surface area (Å²) in [5.74, 6) is 2.76. The average Bonchev–Trinajstić information content (AvgIpc) is 2.99. The smallest absolute Gasteiger partial charge is 0.332 e. The number of fused-ring (bicyclic) bond motifs is 1. The van der Waals surface area contributed by atoms with Crippen molar-refractivity contribution in [1.29, 1.82) is 0 Å². The van der Waals surface area contributed by atoms with Gasteiger partial charge in [-0.2, -0.15) is 4.98 Å². The number of nitrogens with two attached hydrogens (primary N) is 1. The highest BCUT2D eigenvalue weighted by atomic mass is 16.5. The maximum atomic E-state index is 13.6. The quantitative estimate of drug-likeness (QED) is 0.288. The van der Waals surface area contributed by atoms with Gasteiger partial charge in [-0.15, -0.1) is 0 Å². The number of anilines is 3. The summed E-state index contributed by atoms with van der Waals surface area (Å²) < 4.78 is 14.1. The van der Waals surface area contributed by atoms with Crippen molar-refractivity contribution in [3.05, 3.63) is 39.0 Å². The van der Waals surface area contributed by atoms with Crippen molar-refractivity contribution in [2.45, 2.75) is 78.3 Å². The van der Waals surface area contributed by atoms with Crippen LogP contribution in [0.3, 0.4) is 0 Å². The third-order valence-corrected chi connectivity index (χ3v) is 7.83. The number of nitrogens with zero attached hydrogens (tertiary/aromatic N) is 6. The average molecular weight is 568 g/mol. The van der Waals surface area contributed by atoms with Crippen LogP contribution in [0, 0.1) is 0 Å². The Bertz CT molecular complexity index is 1430. The Morgan fingerprint density at radius 1 is 0.756 bits per heavy atom. The van der Waals surface area contributed by atoms with Crippen molar-refractivity contribution in [2.24, 2.45) is 0 Å². The molecule has 1 fully saturated rings. The number of ether oxygens (including phenoxy) is 2. The van der Waals surface area contributed by atoms with Crippen LogP contribution >= 0.6 is 0 Å². The van der Waals surface area contributed by atoms with Crippen LogP contribution in [-0.2, 0) is 13.1 Å². The molecule has 2 N–H and O–H groups in total. The van der Waals surface area contributed by atoms with Crippen molar-refractivity contribution in [2.75, 3.05) is 55.9 Å². The largest absolute Gasteiger partial charge is 0.493 e. The molecule has 0 atom stereocenters. The lowest BCUT2D eigenvalue weighted by atomic mass is 10.2. The summed E-state index contributed by atoms with van der Waals surface area (Å²) in [4.78, 5) is 40.2. The Hall–Kier alpha value is -3.76. The van der Waals surface area contributed by atoms with Crippen LogP contribution in [0.2, 0.25) is 0 Å². The second kappa shape index (κ2) is 14.2. The molecule has 1 aliphatic rings. The Balaban J connectivity index is 1.56. The van der Waals surface area contributed by atoms with E-state index >= 15 is 0 Å². The molecule has 41 heavy (non-hydrogen) atoms. The Morgan fingerprint density at radius 3 is 1.95 bits per heavy atom. The van der Waals surface area contributed by atoms with Crippen LogP contribution < -0.4 is 36.3 Å². The van der Waals surface area contributed by atoms with E-state index in [1.54, 1.807) is 32.4 Å². The summed E-state index contributed by atoms with van der Waals surface area (Å²) in [7, 11) is 3.16. The van der Waals surface area contributed by atoms with Crippen molar-refractivity contribution in [3.8, 4) is 11.5 Å². The first-order valence-electron chi connectivity index (χ1n) is 15.0. The zero-order chi connectivity index (χ0) is 29.4. The highest BCUT2D eigenvalue weighted by Gasteiger charge is 2.24. The summed E-state index contributed by atoms with van der Waals surface area (Å²) in [5.41, 5.74) is 6.59. The third-order valence-electron chi connectivity index (χ3n) is 7.83. The lowest BCUT2D eigenvalue weighted by Crippen LogP contribution is -2.50. The highest BCUT2D eigenvalue weighted by molar-refractivity contribution is 5.91. The van der Waals surface area contributed by atoms with Gasteiger partial charge in [0.15, 0.2) is 11.5 Å². The molecule has 2 aromatic heterocycles. The third kappa shape index (κ3) is 6.94. The van der Waals surface area contributed by atoms with Gasteiger partial charge in [0.25, 0.3) is 5.56 Å². The Labute approximate surface area is 241 Å². The van der Waals surface area contributed by atoms with E-state index < -0.39 is 0 Å². The van der Waals surface area contributed by atoms with E-state index in [-0.39, 0.29) is 11.2 Å². The number of methoxy groups -OCH3 is 2. The van der Waals surface area contributed by atoms with Crippen LogP contribution in [0.15, 0.2) is 27.8 Å². The summed E-state index contributed by atoms with van der Waals surface area (Å²) >= 11 is 0. The van der Waals surface area contributed by atoms with Crippen molar-refractivity contribution in [3.63, 3.8) is 0 Å². The lowest BCUT2D eigenvalue weighted by Gasteiger charge is -2.37. The Morgan fingerprint density at radius 2 is 1.34 bits per heavy atom. The standard InChI is InChI=1S/C30H45N7O4/c1-5-7-9-11-13-36-26(21-27(38)37(30(36)39)14-12-10-8-6-2)34-15-17-35(18-16-34)29-32-23-20-25(41-4)24(40-3)19-22(23)28(31)33-29/h19-21H,5-18H2,1-4H3,(H2,31,32,33). The molecule has 11 heteroatoms. The van der Waals surface area contributed by atoms with Gasteiger partial charge >= 0.3 is 5.69 Å². The molecule has 0 unspecified atom stereocenters. The van der Waals surface area contributed by atoms with Gasteiger partial charge in [-0.25, -0.2) is 9.78 Å². The van der Waals surface area contributed by atoms with Crippen molar-refractivity contribution in [1.82, 2.24) is 19.1 Å². The summed E-state index contributed by atoms with van der Waals surface area (Å²) in [6.45, 7) is 7.92. The molecule has 0 spiro atoms. The molecule has 224 valence electrons. The number of piperazine rings is 1. The van der Waals surface area contributed by atoms with E-state index in [4.69, 9.17) is 20.2 Å². The van der Waals surface area contributed by atoms with E-state index in [1.807, 2.05) is 4.57 Å². The van der Waals surface area contributed by atoms with Gasteiger partial charge < -0.3 is 25.0 Å². The fourth-order valence-corrected chi connectivity index (χ4v) is 5.42. The first-order chi connectivity index (χ1) is 19.9. The normalized spacial score (nSPS) is 13.7. The van der Waals surface area contributed by atoms with Gasteiger partial charge in [-0.1, -0.05) is 52.4 Å². The van der Waals surface area contributed by atoms with Gasteiger partial charge in [-0.05, 0) is 18.9 Å². The monoisotopic (exact) mass is 567 g/mol. The Kier molecular flexibility index (Phi) is 10.5. The van der Waals surface area contributed by atoms with Crippen LogP contribution in [-0.4, -0.2) is 59.5 Å². The molecule has 11 nitrogen and oxygen atoms in total. The minimum absolute atomic E-state index is 0.196. The lowest BCUT2D eigenvalue weighted by molar-refractivity contribution is 0.356. The van der Waals surface area contributed by atoms with Gasteiger partial charge in [0.2, 0.25) is 5.95 Å². The molecule has 0 bridgehead atoms. The molecule has 3 heterocycles. The summed E-state index contributed by atoms with van der Waals surface area (Å²) in [6.07, 6.45) is 8.30. The fourth-order valence-electron chi connectivity index (χ4n) is 5.42. The molecular weight excluding hydrogens is 522 g/mol. The number of unbranched alkanes of at least 4 members (excludes halogenated alkanes) is 6. The predicted octanol–water partition coefficient (Wildman–Crippen LogP) is 4.04. The molecular formula is C30H45N7O4. The number of nitrogen functional groups attached to an aromatic ring is 1. The van der Waals surface area contributed by atoms with Crippen LogP contribution in [0.4, 0.5) is 17.6 Å². The van der Waals surface area contributed by atoms with Gasteiger partial charge in [0, 0.05) is 56.8 Å². The SMILES string of the molecule is CCCCCCn1c(N2CCN(c3nc(N)c4cc(OC)c(OC)cc4n3)CC2)cc(=O)n(CCCCCC)c1=O. The molecule has 0 radical (unpaired) electrons. The zero-order valence-corrected chi connectivity index (χ0v) is 25.0. The molecule has 4 rings (SSSR count). The summed E-state index contributed by atoms with van der Waals surface area (Å²) in [6, 6.07) is 5.25. The second-order valence-corrected chi connectivity index (χ2v) is 10.7. The van der Waals surface area contributed by atoms with E-state index in [2.05, 4.69) is 28.6 Å². The first kappa shape index (κ1) is 30.2. The molecule has 1 saturated heterocycles. The van der Waals surface area contributed by atoms with Gasteiger partial charge in [0.05, 0.1) is 19.7 Å². The number of hydrogen-bond acceptors (Lipinski definition) is 9. The topological polar surface area (TPSA) is 121 Å². The second-order valence-electron chi connectivity index (χ2n) is 10.7. The number of aromatic nitrogens is 4. The van der Waals surface area contributed by atoms with Gasteiger partial charge in [0.1, 0.15) is 11.6 Å². The van der Waals surface area contributed by atoms with Gasteiger partial charge in [-0.3, -0.25) is 13.9 Å². The van der Waals surface area contributed by atoms with Crippen molar-refractivity contribution >= 4 is 28.5 Å². The predicted molar refractivity (Wildman–Crippen MR) is 165 cm³/mol. The van der Waals surface area contributed by atoms with E-state index in [1.165, 1.54) is 4.57 Å². The number of rotatable bonds is 14. The van der Waals surface area contributed by atoms with E-state index in [0.29, 0.717) is 79.3 Å². The molecule has 0 saturated carbocycles. The molecule has 0 aliphatic carbocycles. The van der Waals surface area contributed by atoms with Crippen molar-refractivity contribution < 1.29 is 9.47 Å². The zero-order valence-electron chi connectivity index (χ0n) is 25.0. The van der Waals surface area contributed by atoms with E-state index in [9.17, 15) is 9.59 Å². The van der Waals surface area contributed by atoms with Crippen LogP contribution in [0.5, 0.6) is 11.5 Å². The molecule has 0 amide bonds. The molecule has 1 aliphatic heterocycles. The summed E-state index contributed by atoms with van der Waals surface area (Å²) in [5, 5.41) is 0.701. The minimum Gasteiger partial charge on any atom is -0.493 e. The highest BCUT2D eigenvalue weighted by Crippen LogP contribution is 2.34. The fraction of sp³-hybridized carbons (Fsp3) is 0.600. The molecule has 1 aromatic carbocycles. The maximum absolute atomic E-state index is 13.6.